The van der Waals surface area contributed by atoms with Crippen LogP contribution in [0.15, 0.2) is 21.5 Å². The Bertz CT molecular complexity index is 602. The Hall–Kier alpha value is -1.05. The van der Waals surface area contributed by atoms with Gasteiger partial charge in [0.25, 0.3) is 5.91 Å². The number of hydrogen-bond acceptors (Lipinski definition) is 5. The molecule has 1 amide bonds. The molecule has 1 aliphatic heterocycles. The summed E-state index contributed by atoms with van der Waals surface area (Å²) in [5.74, 6) is 1.09. The molecule has 7 heteroatoms. The lowest BCUT2D eigenvalue weighted by molar-refractivity contribution is -0.115. The summed E-state index contributed by atoms with van der Waals surface area (Å²) in [6.45, 7) is 2.44. The summed E-state index contributed by atoms with van der Waals surface area (Å²) in [6, 6.07) is 3.64. The number of hydrogen-bond donors (Lipinski definition) is 1. The van der Waals surface area contributed by atoms with Gasteiger partial charge in [0.05, 0.1) is 18.6 Å². The molecule has 1 fully saturated rings. The fourth-order valence-electron chi connectivity index (χ4n) is 1.65. The first kappa shape index (κ1) is 15.3. The predicted octanol–water partition coefficient (Wildman–Crippen LogP) is 3.35. The minimum Gasteiger partial charge on any atom is -0.493 e. The van der Waals surface area contributed by atoms with Gasteiger partial charge in [-0.2, -0.15) is 0 Å². The zero-order valence-corrected chi connectivity index (χ0v) is 14.1. The van der Waals surface area contributed by atoms with Crippen LogP contribution in [0.5, 0.6) is 11.5 Å². The monoisotopic (exact) mass is 373 g/mol. The summed E-state index contributed by atoms with van der Waals surface area (Å²) in [6.07, 6.45) is 1.77. The number of nitrogens with one attached hydrogen (secondary N) is 1. The van der Waals surface area contributed by atoms with Gasteiger partial charge >= 0.3 is 0 Å². The van der Waals surface area contributed by atoms with Crippen LogP contribution in [0.4, 0.5) is 0 Å². The average molecular weight is 374 g/mol. The number of ether oxygens (including phenoxy) is 2. The number of methoxy groups -OCH3 is 1. The van der Waals surface area contributed by atoms with Crippen LogP contribution in [0.3, 0.4) is 0 Å². The van der Waals surface area contributed by atoms with Crippen molar-refractivity contribution in [2.45, 2.75) is 6.92 Å². The van der Waals surface area contributed by atoms with Gasteiger partial charge in [0.1, 0.15) is 4.32 Å². The molecule has 1 heterocycles. The molecule has 1 saturated heterocycles. The van der Waals surface area contributed by atoms with E-state index < -0.39 is 0 Å². The highest BCUT2D eigenvalue weighted by Gasteiger charge is 2.22. The SMILES string of the molecule is CCOc1cc(C=C2SC(=S)NC2=O)c(Br)cc1OC. The molecule has 0 spiro atoms. The van der Waals surface area contributed by atoms with Gasteiger partial charge in [-0.1, -0.05) is 39.9 Å². The van der Waals surface area contributed by atoms with Gasteiger partial charge < -0.3 is 14.8 Å². The highest BCUT2D eigenvalue weighted by molar-refractivity contribution is 9.10. The molecular formula is C13H12BrNO3S2. The van der Waals surface area contributed by atoms with Crippen LogP contribution in [0.2, 0.25) is 0 Å². The minimum atomic E-state index is -0.180. The largest absolute Gasteiger partial charge is 0.493 e. The lowest BCUT2D eigenvalue weighted by Crippen LogP contribution is -2.17. The number of thiocarbonyl (C=S) groups is 1. The van der Waals surface area contributed by atoms with Gasteiger partial charge in [0, 0.05) is 4.47 Å². The van der Waals surface area contributed by atoms with E-state index in [-0.39, 0.29) is 5.91 Å². The van der Waals surface area contributed by atoms with Crippen LogP contribution < -0.4 is 14.8 Å². The number of carbonyl (C=O) groups is 1. The van der Waals surface area contributed by atoms with Crippen molar-refractivity contribution in [3.05, 3.63) is 27.1 Å². The molecule has 0 unspecified atom stereocenters. The van der Waals surface area contributed by atoms with Crippen molar-refractivity contribution >= 4 is 56.2 Å². The van der Waals surface area contributed by atoms with Gasteiger partial charge in [-0.3, -0.25) is 4.79 Å². The van der Waals surface area contributed by atoms with Crippen molar-refractivity contribution in [1.29, 1.82) is 0 Å². The summed E-state index contributed by atoms with van der Waals surface area (Å²) in [5.41, 5.74) is 0.830. The topological polar surface area (TPSA) is 47.6 Å². The normalized spacial score (nSPS) is 16.4. The quantitative estimate of drug-likeness (QED) is 0.647. The Balaban J connectivity index is 2.41. The first-order valence-corrected chi connectivity index (χ1v) is 7.82. The van der Waals surface area contributed by atoms with Crippen LogP contribution in [0.25, 0.3) is 6.08 Å². The Labute approximate surface area is 135 Å². The summed E-state index contributed by atoms with van der Waals surface area (Å²) in [5, 5.41) is 2.58. The summed E-state index contributed by atoms with van der Waals surface area (Å²) >= 11 is 9.67. The molecule has 0 aliphatic carbocycles. The summed E-state index contributed by atoms with van der Waals surface area (Å²) < 4.78 is 12.1. The first-order chi connectivity index (χ1) is 9.55. The number of benzene rings is 1. The van der Waals surface area contributed by atoms with Crippen LogP contribution in [-0.2, 0) is 4.79 Å². The Morgan fingerprint density at radius 2 is 2.20 bits per heavy atom. The minimum absolute atomic E-state index is 0.180. The number of thioether (sulfide) groups is 1. The summed E-state index contributed by atoms with van der Waals surface area (Å²) in [4.78, 5) is 12.2. The number of halogens is 1. The van der Waals surface area contributed by atoms with E-state index in [1.54, 1.807) is 13.2 Å². The van der Waals surface area contributed by atoms with Crippen molar-refractivity contribution in [2.24, 2.45) is 0 Å². The van der Waals surface area contributed by atoms with Crippen molar-refractivity contribution < 1.29 is 14.3 Å². The fourth-order valence-corrected chi connectivity index (χ4v) is 3.12. The summed E-state index contributed by atoms with van der Waals surface area (Å²) in [7, 11) is 1.58. The lowest BCUT2D eigenvalue weighted by Gasteiger charge is -2.11. The van der Waals surface area contributed by atoms with Crippen molar-refractivity contribution in [3.63, 3.8) is 0 Å². The third kappa shape index (κ3) is 3.34. The number of rotatable bonds is 4. The molecule has 1 N–H and O–H groups in total. The Kier molecular flexibility index (Phi) is 5.06. The molecule has 20 heavy (non-hydrogen) atoms. The zero-order chi connectivity index (χ0) is 14.7. The van der Waals surface area contributed by atoms with Crippen LogP contribution in [-0.4, -0.2) is 23.9 Å². The zero-order valence-electron chi connectivity index (χ0n) is 10.9. The van der Waals surface area contributed by atoms with Crippen molar-refractivity contribution in [1.82, 2.24) is 5.32 Å². The second kappa shape index (κ2) is 6.60. The van der Waals surface area contributed by atoms with E-state index in [2.05, 4.69) is 21.2 Å². The standard InChI is InChI=1S/C13H12BrNO3S2/c1-3-18-10-4-7(8(14)6-9(10)17-2)5-11-12(16)15-13(19)20-11/h4-6H,3H2,1-2H3,(H,15,16,19). The molecule has 4 nitrogen and oxygen atoms in total. The van der Waals surface area contributed by atoms with Crippen molar-refractivity contribution in [2.75, 3.05) is 13.7 Å². The van der Waals surface area contributed by atoms with Gasteiger partial charge in [-0.25, -0.2) is 0 Å². The molecule has 106 valence electrons. The Morgan fingerprint density at radius 3 is 2.75 bits per heavy atom. The van der Waals surface area contributed by atoms with E-state index in [1.807, 2.05) is 19.1 Å². The molecular weight excluding hydrogens is 362 g/mol. The smallest absolute Gasteiger partial charge is 0.263 e. The lowest BCUT2D eigenvalue weighted by atomic mass is 10.2. The maximum atomic E-state index is 11.7. The van der Waals surface area contributed by atoms with Crippen LogP contribution >= 0.6 is 39.9 Å². The molecule has 1 aliphatic rings. The second-order valence-corrected chi connectivity index (χ2v) is 6.38. The van der Waals surface area contributed by atoms with Gasteiger partial charge in [-0.15, -0.1) is 0 Å². The van der Waals surface area contributed by atoms with E-state index in [9.17, 15) is 4.79 Å². The van der Waals surface area contributed by atoms with Gasteiger partial charge in [0.2, 0.25) is 0 Å². The van der Waals surface area contributed by atoms with Crippen LogP contribution in [0, 0.1) is 0 Å². The molecule has 1 aromatic rings. The third-order valence-corrected chi connectivity index (χ3v) is 4.36. The van der Waals surface area contributed by atoms with E-state index in [4.69, 9.17) is 21.7 Å². The number of carbonyl (C=O) groups excluding carboxylic acids is 1. The maximum absolute atomic E-state index is 11.7. The van der Waals surface area contributed by atoms with Crippen LogP contribution in [0.1, 0.15) is 12.5 Å². The predicted molar refractivity (Wildman–Crippen MR) is 88.2 cm³/mol. The van der Waals surface area contributed by atoms with Crippen molar-refractivity contribution in [3.8, 4) is 11.5 Å². The molecule has 0 saturated carbocycles. The molecule has 0 aromatic heterocycles. The molecule has 0 bridgehead atoms. The molecule has 2 rings (SSSR count). The Morgan fingerprint density at radius 1 is 1.45 bits per heavy atom. The third-order valence-electron chi connectivity index (χ3n) is 2.51. The van der Waals surface area contributed by atoms with E-state index in [0.29, 0.717) is 27.3 Å². The molecule has 0 radical (unpaired) electrons. The van der Waals surface area contributed by atoms with E-state index in [1.165, 1.54) is 11.8 Å². The highest BCUT2D eigenvalue weighted by Crippen LogP contribution is 2.36. The van der Waals surface area contributed by atoms with Gasteiger partial charge in [0.15, 0.2) is 11.5 Å². The first-order valence-electron chi connectivity index (χ1n) is 5.80. The fraction of sp³-hybridized carbons (Fsp3) is 0.231. The number of amides is 1. The second-order valence-electron chi connectivity index (χ2n) is 3.81. The molecule has 1 aromatic carbocycles. The average Bonchev–Trinajstić information content (AvgIpc) is 2.71. The van der Waals surface area contributed by atoms with E-state index in [0.717, 1.165) is 10.0 Å². The maximum Gasteiger partial charge on any atom is 0.263 e. The van der Waals surface area contributed by atoms with E-state index >= 15 is 0 Å². The highest BCUT2D eigenvalue weighted by atomic mass is 79.9. The molecule has 0 atom stereocenters. The van der Waals surface area contributed by atoms with Gasteiger partial charge in [-0.05, 0) is 30.7 Å².